The van der Waals surface area contributed by atoms with Crippen molar-refractivity contribution in [3.8, 4) is 5.88 Å². The van der Waals surface area contributed by atoms with Crippen molar-refractivity contribution in [3.05, 3.63) is 17.2 Å². The van der Waals surface area contributed by atoms with Crippen molar-refractivity contribution in [2.45, 2.75) is 13.8 Å². The zero-order chi connectivity index (χ0) is 10.7. The molecule has 0 aliphatic carbocycles. The van der Waals surface area contributed by atoms with Crippen LogP contribution in [0.5, 0.6) is 5.88 Å². The Hall–Kier alpha value is -1.56. The standard InChI is InChI=1S/C6H6N4OS.C2H6/c7-4-3-5(11)9-6(12)10(3)2-1-8-4;1-2/h1-2,11H,(H2,7,8)(H,9,12);1-2H3. The third kappa shape index (κ3) is 1.56. The molecule has 0 spiro atoms. The zero-order valence-electron chi connectivity index (χ0n) is 7.98. The lowest BCUT2D eigenvalue weighted by molar-refractivity contribution is 0.462. The maximum atomic E-state index is 9.31. The molecule has 14 heavy (non-hydrogen) atoms. The molecule has 0 aliphatic heterocycles. The molecular formula is C8H12N4OS. The van der Waals surface area contributed by atoms with Gasteiger partial charge in [-0.15, -0.1) is 0 Å². The quantitative estimate of drug-likeness (QED) is 0.581. The van der Waals surface area contributed by atoms with Gasteiger partial charge in [0, 0.05) is 12.4 Å². The molecule has 4 N–H and O–H groups in total. The number of anilines is 1. The van der Waals surface area contributed by atoms with Gasteiger partial charge in [-0.25, -0.2) is 4.98 Å². The molecule has 0 bridgehead atoms. The summed E-state index contributed by atoms with van der Waals surface area (Å²) < 4.78 is 1.96. The predicted octanol–water partition coefficient (Wildman–Crippen LogP) is 1.71. The number of aromatic amines is 1. The average Bonchev–Trinajstić information content (AvgIpc) is 2.47. The number of nitrogen functional groups attached to an aromatic ring is 1. The highest BCUT2D eigenvalue weighted by Gasteiger charge is 2.06. The van der Waals surface area contributed by atoms with Gasteiger partial charge in [-0.05, 0) is 12.2 Å². The van der Waals surface area contributed by atoms with Crippen LogP contribution in [0.1, 0.15) is 13.8 Å². The third-order valence-electron chi connectivity index (χ3n) is 1.58. The number of aromatic hydroxyl groups is 1. The van der Waals surface area contributed by atoms with Crippen LogP contribution in [0, 0.1) is 4.77 Å². The van der Waals surface area contributed by atoms with E-state index in [0.717, 1.165) is 0 Å². The summed E-state index contributed by atoms with van der Waals surface area (Å²) in [7, 11) is 0. The van der Waals surface area contributed by atoms with E-state index in [1.165, 1.54) is 6.20 Å². The summed E-state index contributed by atoms with van der Waals surface area (Å²) in [5, 5.41) is 9.31. The SMILES string of the molecule is CC.Nc1nccn2c(=S)[nH]c(O)c12. The summed E-state index contributed by atoms with van der Waals surface area (Å²) in [4.78, 5) is 6.38. The van der Waals surface area contributed by atoms with Crippen LogP contribution in [-0.4, -0.2) is 19.5 Å². The topological polar surface area (TPSA) is 79.3 Å². The summed E-state index contributed by atoms with van der Waals surface area (Å²) in [6.07, 6.45) is 3.15. The van der Waals surface area contributed by atoms with Crippen LogP contribution in [-0.2, 0) is 0 Å². The molecule has 0 atom stereocenters. The fourth-order valence-corrected chi connectivity index (χ4v) is 1.31. The number of hydrogen-bond acceptors (Lipinski definition) is 4. The Balaban J connectivity index is 0.000000461. The van der Waals surface area contributed by atoms with Crippen molar-refractivity contribution in [1.82, 2.24) is 14.4 Å². The molecule has 0 aromatic carbocycles. The van der Waals surface area contributed by atoms with E-state index in [0.29, 0.717) is 10.3 Å². The normalized spacial score (nSPS) is 9.57. The molecule has 5 nitrogen and oxygen atoms in total. The first kappa shape index (κ1) is 10.5. The number of nitrogens with two attached hydrogens (primary N) is 1. The zero-order valence-corrected chi connectivity index (χ0v) is 8.80. The Kier molecular flexibility index (Phi) is 3.08. The average molecular weight is 212 g/mol. The number of H-pyrrole nitrogens is 1. The van der Waals surface area contributed by atoms with E-state index in [1.54, 1.807) is 10.6 Å². The van der Waals surface area contributed by atoms with Crippen molar-refractivity contribution in [1.29, 1.82) is 0 Å². The van der Waals surface area contributed by atoms with E-state index in [2.05, 4.69) is 9.97 Å². The van der Waals surface area contributed by atoms with E-state index in [4.69, 9.17) is 18.0 Å². The van der Waals surface area contributed by atoms with Gasteiger partial charge in [-0.1, -0.05) is 13.8 Å². The van der Waals surface area contributed by atoms with Crippen LogP contribution in [0.25, 0.3) is 5.52 Å². The summed E-state index contributed by atoms with van der Waals surface area (Å²) in [5.41, 5.74) is 5.93. The van der Waals surface area contributed by atoms with Crippen molar-refractivity contribution in [3.63, 3.8) is 0 Å². The minimum absolute atomic E-state index is 0.0504. The first-order valence-corrected chi connectivity index (χ1v) is 4.65. The van der Waals surface area contributed by atoms with Crippen LogP contribution in [0.3, 0.4) is 0 Å². The Morgan fingerprint density at radius 2 is 2.21 bits per heavy atom. The molecular weight excluding hydrogens is 200 g/mol. The first-order valence-electron chi connectivity index (χ1n) is 4.24. The Morgan fingerprint density at radius 1 is 1.57 bits per heavy atom. The summed E-state index contributed by atoms with van der Waals surface area (Å²) >= 11 is 4.90. The maximum absolute atomic E-state index is 9.31. The number of fused-ring (bicyclic) bond motifs is 1. The second-order valence-corrected chi connectivity index (χ2v) is 2.70. The van der Waals surface area contributed by atoms with Crippen molar-refractivity contribution < 1.29 is 5.11 Å². The second kappa shape index (κ2) is 4.10. The Morgan fingerprint density at radius 3 is 2.79 bits per heavy atom. The monoisotopic (exact) mass is 212 g/mol. The van der Waals surface area contributed by atoms with E-state index in [-0.39, 0.29) is 11.7 Å². The van der Waals surface area contributed by atoms with Crippen molar-refractivity contribution in [2.75, 3.05) is 5.73 Å². The molecule has 6 heteroatoms. The van der Waals surface area contributed by atoms with Crippen molar-refractivity contribution in [2.24, 2.45) is 0 Å². The van der Waals surface area contributed by atoms with Crippen LogP contribution in [0.15, 0.2) is 12.4 Å². The molecule has 0 saturated carbocycles. The Bertz CT molecular complexity index is 488. The largest absolute Gasteiger partial charge is 0.493 e. The maximum Gasteiger partial charge on any atom is 0.219 e. The molecule has 0 radical (unpaired) electrons. The van der Waals surface area contributed by atoms with E-state index in [9.17, 15) is 5.11 Å². The van der Waals surface area contributed by atoms with Crippen LogP contribution < -0.4 is 5.73 Å². The van der Waals surface area contributed by atoms with Gasteiger partial charge in [-0.2, -0.15) is 0 Å². The number of nitrogens with zero attached hydrogens (tertiary/aromatic N) is 2. The highest BCUT2D eigenvalue weighted by molar-refractivity contribution is 7.71. The third-order valence-corrected chi connectivity index (χ3v) is 1.88. The number of aromatic nitrogens is 3. The van der Waals surface area contributed by atoms with Crippen LogP contribution in [0.4, 0.5) is 5.82 Å². The van der Waals surface area contributed by atoms with Gasteiger partial charge in [-0.3, -0.25) is 4.40 Å². The molecule has 2 aromatic rings. The van der Waals surface area contributed by atoms with E-state index >= 15 is 0 Å². The molecule has 76 valence electrons. The molecule has 0 aliphatic rings. The lowest BCUT2D eigenvalue weighted by Crippen LogP contribution is -1.94. The minimum Gasteiger partial charge on any atom is -0.493 e. The lowest BCUT2D eigenvalue weighted by atomic mass is 10.5. The lowest BCUT2D eigenvalue weighted by Gasteiger charge is -1.95. The van der Waals surface area contributed by atoms with Gasteiger partial charge in [0.2, 0.25) is 5.88 Å². The summed E-state index contributed by atoms with van der Waals surface area (Å²) in [5.74, 6) is 0.202. The first-order chi connectivity index (χ1) is 6.70. The minimum atomic E-state index is -0.0504. The van der Waals surface area contributed by atoms with Crippen LogP contribution >= 0.6 is 12.2 Å². The van der Waals surface area contributed by atoms with E-state index in [1.807, 2.05) is 13.8 Å². The highest BCUT2D eigenvalue weighted by atomic mass is 32.1. The molecule has 0 fully saturated rings. The van der Waals surface area contributed by atoms with Crippen molar-refractivity contribution >= 4 is 23.6 Å². The number of imidazole rings is 1. The Labute approximate surface area is 86.2 Å². The fraction of sp³-hybridized carbons (Fsp3) is 0.250. The second-order valence-electron chi connectivity index (χ2n) is 2.31. The molecule has 2 aromatic heterocycles. The van der Waals surface area contributed by atoms with Gasteiger partial charge in [0.1, 0.15) is 0 Å². The van der Waals surface area contributed by atoms with Gasteiger partial charge in [0.05, 0.1) is 0 Å². The predicted molar refractivity (Wildman–Crippen MR) is 57.8 cm³/mol. The smallest absolute Gasteiger partial charge is 0.219 e. The highest BCUT2D eigenvalue weighted by Crippen LogP contribution is 2.20. The van der Waals surface area contributed by atoms with Gasteiger partial charge >= 0.3 is 0 Å². The molecule has 0 unspecified atom stereocenters. The molecule has 2 rings (SSSR count). The summed E-state index contributed by atoms with van der Waals surface area (Å²) in [6, 6.07) is 0. The van der Waals surface area contributed by atoms with Gasteiger partial charge in [0.15, 0.2) is 16.1 Å². The number of rotatable bonds is 0. The van der Waals surface area contributed by atoms with E-state index < -0.39 is 0 Å². The molecule has 2 heterocycles. The number of hydrogen-bond donors (Lipinski definition) is 3. The van der Waals surface area contributed by atoms with Gasteiger partial charge in [0.25, 0.3) is 0 Å². The number of nitrogens with one attached hydrogen (secondary N) is 1. The van der Waals surface area contributed by atoms with Gasteiger partial charge < -0.3 is 15.8 Å². The molecule has 0 amide bonds. The van der Waals surface area contributed by atoms with Crippen LogP contribution in [0.2, 0.25) is 0 Å². The summed E-state index contributed by atoms with van der Waals surface area (Å²) in [6.45, 7) is 4.00. The molecule has 0 saturated heterocycles. The fourth-order valence-electron chi connectivity index (χ4n) is 1.06.